The summed E-state index contributed by atoms with van der Waals surface area (Å²) in [5.74, 6) is 2.58. The van der Waals surface area contributed by atoms with Crippen molar-refractivity contribution in [3.05, 3.63) is 47.5 Å². The minimum atomic E-state index is -0.636. The van der Waals surface area contributed by atoms with Gasteiger partial charge in [0.15, 0.2) is 23.0 Å². The van der Waals surface area contributed by atoms with Crippen molar-refractivity contribution < 1.29 is 23.7 Å². The van der Waals surface area contributed by atoms with Crippen LogP contribution < -0.4 is 24.3 Å². The molecule has 0 aliphatic carbocycles. The molecular formula is C27H36N2O5. The molecule has 0 aliphatic heterocycles. The first-order valence-electron chi connectivity index (χ1n) is 11.5. The predicted octanol–water partition coefficient (Wildman–Crippen LogP) is 4.81. The Morgan fingerprint density at radius 3 is 2.12 bits per heavy atom. The largest absolute Gasteiger partial charge is 0.493 e. The molecule has 0 aliphatic rings. The minimum absolute atomic E-state index is 0.0565. The standard InChI is InChI=1S/C27H36N2O5/c1-6-13-27(18-28,21-10-12-24(32-3)26(17-21)34-5)14-7-8-22(29-19-30)15-20-9-11-23(31-2)25(16-20)33-4/h9-12,16-17,19,22H,6-8,13-15H2,1-5H3,(H,29,30). The lowest BCUT2D eigenvalue weighted by Gasteiger charge is -2.28. The van der Waals surface area contributed by atoms with E-state index in [1.165, 1.54) is 0 Å². The number of carbonyl (C=O) groups excluding carboxylic acids is 1. The SMILES string of the molecule is CCCC(C#N)(CCCC(Cc1ccc(OC)c(OC)c1)NC=O)c1ccc(OC)c(OC)c1. The number of nitrogens with one attached hydrogen (secondary N) is 1. The second-order valence-corrected chi connectivity index (χ2v) is 8.28. The first-order chi connectivity index (χ1) is 16.5. The number of nitriles is 1. The third-order valence-corrected chi connectivity index (χ3v) is 6.22. The monoisotopic (exact) mass is 468 g/mol. The highest BCUT2D eigenvalue weighted by atomic mass is 16.5. The van der Waals surface area contributed by atoms with Crippen molar-refractivity contribution in [2.45, 2.75) is 56.9 Å². The Kier molecular flexibility index (Phi) is 10.5. The molecule has 1 N–H and O–H groups in total. The Balaban J connectivity index is 2.17. The van der Waals surface area contributed by atoms with Gasteiger partial charge in [0.2, 0.25) is 6.41 Å². The van der Waals surface area contributed by atoms with Crippen molar-refractivity contribution >= 4 is 6.41 Å². The van der Waals surface area contributed by atoms with E-state index in [9.17, 15) is 10.1 Å². The van der Waals surface area contributed by atoms with Gasteiger partial charge in [0.25, 0.3) is 0 Å². The number of ether oxygens (including phenoxy) is 4. The van der Waals surface area contributed by atoms with Gasteiger partial charge in [-0.15, -0.1) is 0 Å². The molecule has 7 heteroatoms. The van der Waals surface area contributed by atoms with Crippen LogP contribution in [0.1, 0.15) is 50.2 Å². The fraction of sp³-hybridized carbons (Fsp3) is 0.481. The number of carbonyl (C=O) groups is 1. The number of amides is 1. The van der Waals surface area contributed by atoms with Gasteiger partial charge in [-0.2, -0.15) is 5.26 Å². The van der Waals surface area contributed by atoms with Crippen molar-refractivity contribution in [3.8, 4) is 29.1 Å². The highest BCUT2D eigenvalue weighted by Gasteiger charge is 2.32. The Morgan fingerprint density at radius 1 is 0.941 bits per heavy atom. The maximum Gasteiger partial charge on any atom is 0.207 e. The van der Waals surface area contributed by atoms with Crippen LogP contribution in [0.15, 0.2) is 36.4 Å². The van der Waals surface area contributed by atoms with E-state index < -0.39 is 5.41 Å². The minimum Gasteiger partial charge on any atom is -0.493 e. The fourth-order valence-electron chi connectivity index (χ4n) is 4.43. The van der Waals surface area contributed by atoms with Gasteiger partial charge >= 0.3 is 0 Å². The van der Waals surface area contributed by atoms with Gasteiger partial charge in [0.1, 0.15) is 0 Å². The van der Waals surface area contributed by atoms with Gasteiger partial charge in [-0.25, -0.2) is 0 Å². The summed E-state index contributed by atoms with van der Waals surface area (Å²) < 4.78 is 21.5. The van der Waals surface area contributed by atoms with Crippen LogP contribution in [0.2, 0.25) is 0 Å². The van der Waals surface area contributed by atoms with Crippen LogP contribution in [0.3, 0.4) is 0 Å². The van der Waals surface area contributed by atoms with E-state index in [0.717, 1.165) is 43.2 Å². The molecule has 0 saturated carbocycles. The summed E-state index contributed by atoms with van der Waals surface area (Å²) in [7, 11) is 6.40. The second kappa shape index (κ2) is 13.3. The zero-order valence-corrected chi connectivity index (χ0v) is 20.8. The predicted molar refractivity (Wildman–Crippen MR) is 132 cm³/mol. The molecule has 34 heavy (non-hydrogen) atoms. The van der Waals surface area contributed by atoms with Crippen LogP contribution in [0.5, 0.6) is 23.0 Å². The molecule has 2 aromatic rings. The van der Waals surface area contributed by atoms with Gasteiger partial charge in [-0.05, 0) is 67.5 Å². The molecule has 0 heterocycles. The summed E-state index contributed by atoms with van der Waals surface area (Å²) in [6.45, 7) is 2.08. The van der Waals surface area contributed by atoms with Crippen molar-refractivity contribution in [2.75, 3.05) is 28.4 Å². The smallest absolute Gasteiger partial charge is 0.207 e. The fourth-order valence-corrected chi connectivity index (χ4v) is 4.43. The number of hydrogen-bond acceptors (Lipinski definition) is 6. The number of benzene rings is 2. The molecule has 184 valence electrons. The van der Waals surface area contributed by atoms with Crippen molar-refractivity contribution in [2.24, 2.45) is 0 Å². The molecule has 2 unspecified atom stereocenters. The Bertz CT molecular complexity index is 972. The van der Waals surface area contributed by atoms with E-state index in [-0.39, 0.29) is 6.04 Å². The van der Waals surface area contributed by atoms with Crippen molar-refractivity contribution in [1.29, 1.82) is 5.26 Å². The van der Waals surface area contributed by atoms with E-state index in [1.807, 2.05) is 36.4 Å². The van der Waals surface area contributed by atoms with Crippen LogP contribution in [0.4, 0.5) is 0 Å². The maximum absolute atomic E-state index is 11.3. The normalized spacial score (nSPS) is 13.2. The van der Waals surface area contributed by atoms with Gasteiger partial charge in [0, 0.05) is 6.04 Å². The van der Waals surface area contributed by atoms with E-state index in [1.54, 1.807) is 28.4 Å². The summed E-state index contributed by atoms with van der Waals surface area (Å²) in [5, 5.41) is 13.2. The molecule has 0 fully saturated rings. The van der Waals surface area contributed by atoms with E-state index in [0.29, 0.717) is 35.8 Å². The van der Waals surface area contributed by atoms with Crippen molar-refractivity contribution in [3.63, 3.8) is 0 Å². The molecule has 0 spiro atoms. The number of methoxy groups -OCH3 is 4. The van der Waals surface area contributed by atoms with E-state index >= 15 is 0 Å². The van der Waals surface area contributed by atoms with Crippen LogP contribution in [-0.2, 0) is 16.6 Å². The molecule has 2 rings (SSSR count). The first kappa shape index (κ1) is 26.8. The highest BCUT2D eigenvalue weighted by molar-refractivity contribution is 5.48. The van der Waals surface area contributed by atoms with Crippen LogP contribution in [0.25, 0.3) is 0 Å². The third kappa shape index (κ3) is 6.57. The molecule has 0 bridgehead atoms. The number of nitrogens with zero attached hydrogens (tertiary/aromatic N) is 1. The highest BCUT2D eigenvalue weighted by Crippen LogP contribution is 2.39. The summed E-state index contributed by atoms with van der Waals surface area (Å²) >= 11 is 0. The molecule has 0 radical (unpaired) electrons. The third-order valence-electron chi connectivity index (χ3n) is 6.22. The van der Waals surface area contributed by atoms with Crippen LogP contribution in [-0.4, -0.2) is 40.9 Å². The Hall–Kier alpha value is -3.40. The topological polar surface area (TPSA) is 89.8 Å². The number of rotatable bonds is 15. The van der Waals surface area contributed by atoms with Gasteiger partial charge in [-0.1, -0.05) is 25.5 Å². The van der Waals surface area contributed by atoms with Gasteiger partial charge < -0.3 is 24.3 Å². The maximum atomic E-state index is 11.3. The summed E-state index contributed by atoms with van der Waals surface area (Å²) in [5.41, 5.74) is 1.33. The Labute approximate surface area is 203 Å². The zero-order chi connectivity index (χ0) is 25.0. The lowest BCUT2D eigenvalue weighted by atomic mass is 9.74. The summed E-state index contributed by atoms with van der Waals surface area (Å²) in [6, 6.07) is 14.0. The lowest BCUT2D eigenvalue weighted by Crippen LogP contribution is -2.31. The lowest BCUT2D eigenvalue weighted by molar-refractivity contribution is -0.110. The van der Waals surface area contributed by atoms with Crippen molar-refractivity contribution in [1.82, 2.24) is 5.32 Å². The molecule has 2 atom stereocenters. The average molecular weight is 469 g/mol. The van der Waals surface area contributed by atoms with Crippen LogP contribution in [0, 0.1) is 11.3 Å². The second-order valence-electron chi connectivity index (χ2n) is 8.28. The average Bonchev–Trinajstić information content (AvgIpc) is 2.87. The molecular weight excluding hydrogens is 432 g/mol. The number of hydrogen-bond donors (Lipinski definition) is 1. The van der Waals surface area contributed by atoms with E-state index in [2.05, 4.69) is 18.3 Å². The van der Waals surface area contributed by atoms with Crippen LogP contribution >= 0.6 is 0 Å². The molecule has 1 amide bonds. The quantitative estimate of drug-likeness (QED) is 0.377. The Morgan fingerprint density at radius 2 is 1.56 bits per heavy atom. The summed E-state index contributed by atoms with van der Waals surface area (Å²) in [4.78, 5) is 11.3. The molecule has 7 nitrogen and oxygen atoms in total. The molecule has 2 aromatic carbocycles. The first-order valence-corrected chi connectivity index (χ1v) is 11.5. The molecule has 0 saturated heterocycles. The van der Waals surface area contributed by atoms with Gasteiger partial charge in [-0.3, -0.25) is 4.79 Å². The molecule has 0 aromatic heterocycles. The summed E-state index contributed by atoms with van der Waals surface area (Å²) in [6.07, 6.45) is 5.21. The van der Waals surface area contributed by atoms with E-state index in [4.69, 9.17) is 18.9 Å². The van der Waals surface area contributed by atoms with Gasteiger partial charge in [0.05, 0.1) is 39.9 Å². The zero-order valence-electron chi connectivity index (χ0n) is 20.8.